The van der Waals surface area contributed by atoms with Crippen LogP contribution < -0.4 is 5.32 Å². The zero-order chi connectivity index (χ0) is 13.4. The van der Waals surface area contributed by atoms with Gasteiger partial charge in [-0.3, -0.25) is 9.48 Å². The summed E-state index contributed by atoms with van der Waals surface area (Å²) in [6, 6.07) is 1.95. The lowest BCUT2D eigenvalue weighted by Crippen LogP contribution is -2.30. The molecule has 0 aliphatic rings. The number of carbonyl (C=O) groups excluding carboxylic acids is 1. The van der Waals surface area contributed by atoms with Crippen LogP contribution in [0.2, 0.25) is 0 Å². The van der Waals surface area contributed by atoms with Crippen molar-refractivity contribution in [3.8, 4) is 0 Å². The van der Waals surface area contributed by atoms with Crippen molar-refractivity contribution >= 4 is 11.7 Å². The molecule has 96 valence electrons. The maximum Gasteiger partial charge on any atom is 0.222 e. The predicted octanol–water partition coefficient (Wildman–Crippen LogP) is 2.89. The van der Waals surface area contributed by atoms with Crippen LogP contribution in [-0.2, 0) is 15.7 Å². The molecule has 1 N–H and O–H groups in total. The molecule has 17 heavy (non-hydrogen) atoms. The van der Waals surface area contributed by atoms with Gasteiger partial charge >= 0.3 is 0 Å². The fourth-order valence-corrected chi connectivity index (χ4v) is 1.67. The number of hydrogen-bond acceptors (Lipinski definition) is 2. The maximum absolute atomic E-state index is 11.1. The first-order valence-corrected chi connectivity index (χ1v) is 5.90. The van der Waals surface area contributed by atoms with Crippen molar-refractivity contribution in [1.82, 2.24) is 9.78 Å². The topological polar surface area (TPSA) is 46.9 Å². The second-order valence-corrected chi connectivity index (χ2v) is 6.43. The van der Waals surface area contributed by atoms with Crippen molar-refractivity contribution in [1.29, 1.82) is 0 Å². The zero-order valence-electron chi connectivity index (χ0n) is 11.9. The Labute approximate surface area is 103 Å². The Bertz CT molecular complexity index is 387. The van der Waals surface area contributed by atoms with Crippen LogP contribution >= 0.6 is 0 Å². The average Bonchev–Trinajstić information content (AvgIpc) is 2.44. The van der Waals surface area contributed by atoms with E-state index in [1.165, 1.54) is 6.92 Å². The molecule has 1 heterocycles. The van der Waals surface area contributed by atoms with Gasteiger partial charge in [-0.25, -0.2) is 0 Å². The number of amides is 1. The molecule has 1 aromatic heterocycles. The molecule has 0 radical (unpaired) electrons. The molecule has 0 aromatic carbocycles. The Morgan fingerprint density at radius 1 is 1.24 bits per heavy atom. The van der Waals surface area contributed by atoms with Crippen LogP contribution in [-0.4, -0.2) is 15.7 Å². The van der Waals surface area contributed by atoms with Crippen LogP contribution in [0.5, 0.6) is 0 Å². The Morgan fingerprint density at radius 2 is 1.76 bits per heavy atom. The average molecular weight is 237 g/mol. The molecule has 0 unspecified atom stereocenters. The zero-order valence-corrected chi connectivity index (χ0v) is 11.9. The largest absolute Gasteiger partial charge is 0.309 e. The normalized spacial score (nSPS) is 12.6. The van der Waals surface area contributed by atoms with Crippen molar-refractivity contribution in [3.63, 3.8) is 0 Å². The molecule has 0 aliphatic heterocycles. The minimum Gasteiger partial charge on any atom is -0.309 e. The highest BCUT2D eigenvalue weighted by Crippen LogP contribution is 2.29. The molecule has 0 atom stereocenters. The lowest BCUT2D eigenvalue weighted by Gasteiger charge is -2.28. The van der Waals surface area contributed by atoms with E-state index in [9.17, 15) is 4.79 Å². The first kappa shape index (κ1) is 13.7. The van der Waals surface area contributed by atoms with Gasteiger partial charge in [-0.05, 0) is 20.8 Å². The van der Waals surface area contributed by atoms with Gasteiger partial charge < -0.3 is 5.32 Å². The highest BCUT2D eigenvalue weighted by atomic mass is 16.1. The summed E-state index contributed by atoms with van der Waals surface area (Å²) in [6.07, 6.45) is 0. The number of hydrogen-bond donors (Lipinski definition) is 1. The van der Waals surface area contributed by atoms with Crippen LogP contribution in [0, 0.1) is 0 Å². The summed E-state index contributed by atoms with van der Waals surface area (Å²) in [5, 5.41) is 7.21. The van der Waals surface area contributed by atoms with Gasteiger partial charge in [0, 0.05) is 24.1 Å². The summed E-state index contributed by atoms with van der Waals surface area (Å²) in [4.78, 5) is 11.1. The number of anilines is 1. The summed E-state index contributed by atoms with van der Waals surface area (Å²) in [5.74, 6) is 0.529. The third kappa shape index (κ3) is 3.32. The van der Waals surface area contributed by atoms with Gasteiger partial charge in [0.05, 0.1) is 5.54 Å². The smallest absolute Gasteiger partial charge is 0.222 e. The molecule has 1 aromatic rings. The van der Waals surface area contributed by atoms with E-state index >= 15 is 0 Å². The maximum atomic E-state index is 11.1. The standard InChI is InChI=1S/C13H23N3O/c1-9(17)14-11-8-10(12(2,3)4)16(15-11)13(5,6)7/h8H,1-7H3,(H,14,15,17). The van der Waals surface area contributed by atoms with Crippen molar-refractivity contribution < 1.29 is 4.79 Å². The van der Waals surface area contributed by atoms with Crippen molar-refractivity contribution in [2.45, 2.75) is 59.4 Å². The molecular weight excluding hydrogens is 214 g/mol. The molecule has 0 bridgehead atoms. The van der Waals surface area contributed by atoms with E-state index in [0.717, 1.165) is 5.69 Å². The predicted molar refractivity (Wildman–Crippen MR) is 70.2 cm³/mol. The van der Waals surface area contributed by atoms with Gasteiger partial charge in [-0.15, -0.1) is 0 Å². The number of aromatic nitrogens is 2. The van der Waals surface area contributed by atoms with E-state index in [2.05, 4.69) is 52.0 Å². The Hall–Kier alpha value is -1.32. The Kier molecular flexibility index (Phi) is 3.37. The summed E-state index contributed by atoms with van der Waals surface area (Å²) < 4.78 is 1.98. The van der Waals surface area contributed by atoms with E-state index in [1.807, 2.05) is 10.7 Å². The van der Waals surface area contributed by atoms with Gasteiger partial charge in [-0.1, -0.05) is 20.8 Å². The molecule has 0 fully saturated rings. The molecule has 1 rings (SSSR count). The van der Waals surface area contributed by atoms with Crippen LogP contribution in [0.1, 0.15) is 54.2 Å². The lowest BCUT2D eigenvalue weighted by atomic mass is 9.91. The number of carbonyl (C=O) groups is 1. The first-order chi connectivity index (χ1) is 7.51. The summed E-state index contributed by atoms with van der Waals surface area (Å²) in [7, 11) is 0. The monoisotopic (exact) mass is 237 g/mol. The van der Waals surface area contributed by atoms with Gasteiger partial charge in [0.2, 0.25) is 5.91 Å². The summed E-state index contributed by atoms with van der Waals surface area (Å²) in [5.41, 5.74) is 1.02. The van der Waals surface area contributed by atoms with E-state index in [0.29, 0.717) is 5.82 Å². The third-order valence-electron chi connectivity index (χ3n) is 2.42. The van der Waals surface area contributed by atoms with Crippen molar-refractivity contribution in [2.75, 3.05) is 5.32 Å². The van der Waals surface area contributed by atoms with Gasteiger partial charge in [0.1, 0.15) is 0 Å². The molecule has 4 nitrogen and oxygen atoms in total. The molecule has 0 saturated carbocycles. The van der Waals surface area contributed by atoms with E-state index in [-0.39, 0.29) is 16.9 Å². The number of rotatable bonds is 1. The van der Waals surface area contributed by atoms with Crippen LogP contribution in [0.3, 0.4) is 0 Å². The van der Waals surface area contributed by atoms with E-state index in [4.69, 9.17) is 0 Å². The van der Waals surface area contributed by atoms with Crippen molar-refractivity contribution in [2.24, 2.45) is 0 Å². The number of nitrogens with one attached hydrogen (secondary N) is 1. The van der Waals surface area contributed by atoms with Gasteiger partial charge in [-0.2, -0.15) is 5.10 Å². The third-order valence-corrected chi connectivity index (χ3v) is 2.42. The van der Waals surface area contributed by atoms with Gasteiger partial charge in [0.25, 0.3) is 0 Å². The van der Waals surface area contributed by atoms with E-state index in [1.54, 1.807) is 0 Å². The van der Waals surface area contributed by atoms with Crippen molar-refractivity contribution in [3.05, 3.63) is 11.8 Å². The molecule has 0 saturated heterocycles. The lowest BCUT2D eigenvalue weighted by molar-refractivity contribution is -0.114. The highest BCUT2D eigenvalue weighted by Gasteiger charge is 2.27. The molecule has 0 spiro atoms. The van der Waals surface area contributed by atoms with E-state index < -0.39 is 0 Å². The molecule has 0 aliphatic carbocycles. The summed E-state index contributed by atoms with van der Waals surface area (Å²) in [6.45, 7) is 14.2. The highest BCUT2D eigenvalue weighted by molar-refractivity contribution is 5.87. The quantitative estimate of drug-likeness (QED) is 0.816. The van der Waals surface area contributed by atoms with Crippen LogP contribution in [0.25, 0.3) is 0 Å². The summed E-state index contributed by atoms with van der Waals surface area (Å²) >= 11 is 0. The van der Waals surface area contributed by atoms with Crippen LogP contribution in [0.4, 0.5) is 5.82 Å². The molecule has 4 heteroatoms. The second-order valence-electron chi connectivity index (χ2n) is 6.43. The van der Waals surface area contributed by atoms with Gasteiger partial charge in [0.15, 0.2) is 5.82 Å². The molecular formula is C13H23N3O. The Balaban J connectivity index is 3.27. The van der Waals surface area contributed by atoms with Crippen LogP contribution in [0.15, 0.2) is 6.07 Å². The second kappa shape index (κ2) is 4.17. The Morgan fingerprint density at radius 3 is 2.06 bits per heavy atom. The fourth-order valence-electron chi connectivity index (χ4n) is 1.67. The SMILES string of the molecule is CC(=O)Nc1cc(C(C)(C)C)n(C(C)(C)C)n1. The fraction of sp³-hybridized carbons (Fsp3) is 0.692. The minimum absolute atomic E-state index is 0.00298. The minimum atomic E-state index is -0.0979. The first-order valence-electron chi connectivity index (χ1n) is 5.90. The number of nitrogens with zero attached hydrogens (tertiary/aromatic N) is 2. The molecule has 1 amide bonds.